The third-order valence-electron chi connectivity index (χ3n) is 3.28. The third-order valence-corrected chi connectivity index (χ3v) is 4.23. The highest BCUT2D eigenvalue weighted by atomic mass is 35.5. The molecule has 0 aromatic heterocycles. The molecule has 8 heteroatoms. The summed E-state index contributed by atoms with van der Waals surface area (Å²) in [6.07, 6.45) is -2.55. The van der Waals surface area contributed by atoms with E-state index in [1.165, 1.54) is 12.1 Å². The molecular formula is C12H12ClF3O3S. The molecule has 1 fully saturated rings. The van der Waals surface area contributed by atoms with Gasteiger partial charge in [-0.2, -0.15) is 21.6 Å². The molecule has 112 valence electrons. The van der Waals surface area contributed by atoms with E-state index in [-0.39, 0.29) is 17.2 Å². The number of rotatable bonds is 4. The van der Waals surface area contributed by atoms with E-state index in [9.17, 15) is 21.6 Å². The molecule has 0 saturated heterocycles. The second kappa shape index (κ2) is 4.89. The second-order valence-electron chi connectivity index (χ2n) is 4.91. The SMILES string of the molecule is CS(=O)(=O)OCC1(c2cccc(C(F)(F)F)c2Cl)CC1. The van der Waals surface area contributed by atoms with Crippen LogP contribution in [-0.2, 0) is 25.9 Å². The van der Waals surface area contributed by atoms with E-state index in [4.69, 9.17) is 15.8 Å². The minimum atomic E-state index is -4.54. The Kier molecular flexibility index (Phi) is 3.81. The van der Waals surface area contributed by atoms with E-state index in [0.29, 0.717) is 12.8 Å². The normalized spacial score (nSPS) is 18.1. The third kappa shape index (κ3) is 3.27. The molecule has 0 radical (unpaired) electrons. The van der Waals surface area contributed by atoms with Crippen molar-refractivity contribution in [1.29, 1.82) is 0 Å². The van der Waals surface area contributed by atoms with E-state index in [1.54, 1.807) is 0 Å². The van der Waals surface area contributed by atoms with Gasteiger partial charge in [-0.25, -0.2) is 0 Å². The Bertz CT molecular complexity index is 621. The molecule has 1 aliphatic rings. The Morgan fingerprint density at radius 2 is 1.95 bits per heavy atom. The first-order chi connectivity index (χ1) is 9.05. The average molecular weight is 329 g/mol. The maximum atomic E-state index is 12.8. The van der Waals surface area contributed by atoms with Crippen LogP contribution in [0.15, 0.2) is 18.2 Å². The summed E-state index contributed by atoms with van der Waals surface area (Å²) in [5.41, 5.74) is -1.36. The maximum Gasteiger partial charge on any atom is 0.417 e. The van der Waals surface area contributed by atoms with E-state index in [1.807, 2.05) is 0 Å². The van der Waals surface area contributed by atoms with Crippen LogP contribution in [0, 0.1) is 0 Å². The van der Waals surface area contributed by atoms with E-state index in [2.05, 4.69) is 0 Å². The fraction of sp³-hybridized carbons (Fsp3) is 0.500. The molecular weight excluding hydrogens is 317 g/mol. The maximum absolute atomic E-state index is 12.8. The van der Waals surface area contributed by atoms with Crippen LogP contribution in [0.1, 0.15) is 24.0 Å². The second-order valence-corrected chi connectivity index (χ2v) is 6.93. The van der Waals surface area contributed by atoms with Gasteiger partial charge in [0, 0.05) is 5.41 Å². The van der Waals surface area contributed by atoms with Gasteiger partial charge >= 0.3 is 6.18 Å². The first kappa shape index (κ1) is 15.6. The highest BCUT2D eigenvalue weighted by Crippen LogP contribution is 2.52. The van der Waals surface area contributed by atoms with Gasteiger partial charge in [0.2, 0.25) is 0 Å². The quantitative estimate of drug-likeness (QED) is 0.796. The summed E-state index contributed by atoms with van der Waals surface area (Å²) in [7, 11) is -3.64. The van der Waals surface area contributed by atoms with Crippen molar-refractivity contribution >= 4 is 21.7 Å². The topological polar surface area (TPSA) is 43.4 Å². The van der Waals surface area contributed by atoms with Crippen molar-refractivity contribution < 1.29 is 25.8 Å². The fourth-order valence-corrected chi connectivity index (χ4v) is 2.90. The van der Waals surface area contributed by atoms with Crippen molar-refractivity contribution in [1.82, 2.24) is 0 Å². The number of alkyl halides is 3. The van der Waals surface area contributed by atoms with Crippen LogP contribution >= 0.6 is 11.6 Å². The molecule has 0 aliphatic heterocycles. The zero-order valence-electron chi connectivity index (χ0n) is 10.5. The smallest absolute Gasteiger partial charge is 0.269 e. The van der Waals surface area contributed by atoms with Crippen LogP contribution in [0.5, 0.6) is 0 Å². The molecule has 20 heavy (non-hydrogen) atoms. The molecule has 0 atom stereocenters. The molecule has 0 heterocycles. The van der Waals surface area contributed by atoms with Crippen molar-refractivity contribution in [3.63, 3.8) is 0 Å². The summed E-state index contributed by atoms with van der Waals surface area (Å²) >= 11 is 5.84. The van der Waals surface area contributed by atoms with Gasteiger partial charge in [-0.15, -0.1) is 0 Å². The Morgan fingerprint density at radius 1 is 1.35 bits per heavy atom. The van der Waals surface area contributed by atoms with Crippen molar-refractivity contribution in [2.24, 2.45) is 0 Å². The van der Waals surface area contributed by atoms with Crippen molar-refractivity contribution in [3.8, 4) is 0 Å². The van der Waals surface area contributed by atoms with Crippen LogP contribution in [0.25, 0.3) is 0 Å². The van der Waals surface area contributed by atoms with Crippen LogP contribution in [-0.4, -0.2) is 21.3 Å². The highest BCUT2D eigenvalue weighted by molar-refractivity contribution is 7.85. The Balaban J connectivity index is 2.34. The summed E-state index contributed by atoms with van der Waals surface area (Å²) in [6, 6.07) is 3.65. The van der Waals surface area contributed by atoms with Gasteiger partial charge in [0.25, 0.3) is 10.1 Å². The van der Waals surface area contributed by atoms with Crippen LogP contribution in [0.3, 0.4) is 0 Å². The van der Waals surface area contributed by atoms with Gasteiger partial charge in [0.15, 0.2) is 0 Å². The molecule has 1 aromatic rings. The first-order valence-corrected chi connectivity index (χ1v) is 7.95. The predicted octanol–water partition coefficient (Wildman–Crippen LogP) is 3.37. The molecule has 0 bridgehead atoms. The highest BCUT2D eigenvalue weighted by Gasteiger charge is 2.48. The van der Waals surface area contributed by atoms with Crippen molar-refractivity contribution in [3.05, 3.63) is 34.3 Å². The molecule has 0 unspecified atom stereocenters. The Hall–Kier alpha value is -0.790. The van der Waals surface area contributed by atoms with E-state index in [0.717, 1.165) is 12.3 Å². The van der Waals surface area contributed by atoms with Crippen LogP contribution in [0.4, 0.5) is 13.2 Å². The fourth-order valence-electron chi connectivity index (χ4n) is 2.02. The van der Waals surface area contributed by atoms with Gasteiger partial charge in [0.1, 0.15) is 0 Å². The molecule has 1 aromatic carbocycles. The molecule has 0 N–H and O–H groups in total. The van der Waals surface area contributed by atoms with E-state index >= 15 is 0 Å². The van der Waals surface area contributed by atoms with E-state index < -0.39 is 27.3 Å². The zero-order valence-corrected chi connectivity index (χ0v) is 12.1. The molecule has 0 spiro atoms. The van der Waals surface area contributed by atoms with Gasteiger partial charge in [0.05, 0.1) is 23.4 Å². The largest absolute Gasteiger partial charge is 0.417 e. The lowest BCUT2D eigenvalue weighted by Gasteiger charge is -2.19. The monoisotopic (exact) mass is 328 g/mol. The predicted molar refractivity (Wildman–Crippen MR) is 68.2 cm³/mol. The molecule has 1 saturated carbocycles. The van der Waals surface area contributed by atoms with Gasteiger partial charge < -0.3 is 0 Å². The number of benzene rings is 1. The van der Waals surface area contributed by atoms with Crippen molar-refractivity contribution in [2.75, 3.05) is 12.9 Å². The lowest BCUT2D eigenvalue weighted by molar-refractivity contribution is -0.137. The van der Waals surface area contributed by atoms with Gasteiger partial charge in [-0.05, 0) is 24.5 Å². The Morgan fingerprint density at radius 3 is 2.40 bits per heavy atom. The summed E-state index contributed by atoms with van der Waals surface area (Å²) in [5, 5.41) is -0.380. The molecule has 2 rings (SSSR count). The number of halogens is 4. The summed E-state index contributed by atoms with van der Waals surface area (Å²) in [6.45, 7) is -0.188. The summed E-state index contributed by atoms with van der Waals surface area (Å²) in [5.74, 6) is 0. The molecule has 1 aliphatic carbocycles. The first-order valence-electron chi connectivity index (χ1n) is 5.76. The Labute approximate surface area is 119 Å². The van der Waals surface area contributed by atoms with Gasteiger partial charge in [-0.3, -0.25) is 4.18 Å². The molecule has 0 amide bonds. The van der Waals surface area contributed by atoms with Crippen molar-refractivity contribution in [2.45, 2.75) is 24.4 Å². The van der Waals surface area contributed by atoms with Crippen LogP contribution in [0.2, 0.25) is 5.02 Å². The summed E-state index contributed by atoms with van der Waals surface area (Å²) < 4.78 is 65.2. The number of hydrogen-bond donors (Lipinski definition) is 0. The minimum Gasteiger partial charge on any atom is -0.269 e. The lowest BCUT2D eigenvalue weighted by Crippen LogP contribution is -2.20. The molecule has 3 nitrogen and oxygen atoms in total. The minimum absolute atomic E-state index is 0.188. The standard InChI is InChI=1S/C12H12ClF3O3S/c1-20(17,18)19-7-11(5-6-11)8-3-2-4-9(10(8)13)12(14,15)16/h2-4H,5-7H2,1H3. The zero-order chi connectivity index (χ0) is 15.2. The number of hydrogen-bond acceptors (Lipinski definition) is 3. The van der Waals surface area contributed by atoms with Gasteiger partial charge in [-0.1, -0.05) is 23.7 Å². The average Bonchev–Trinajstić information content (AvgIpc) is 3.05. The van der Waals surface area contributed by atoms with Crippen LogP contribution < -0.4 is 0 Å². The lowest BCUT2D eigenvalue weighted by atomic mass is 9.95. The summed E-state index contributed by atoms with van der Waals surface area (Å²) in [4.78, 5) is 0.